The van der Waals surface area contributed by atoms with Crippen molar-refractivity contribution in [2.75, 3.05) is 0 Å². The standard InChI is InChI=1S/C16H11NO5/c18-11-15(12-6-2-1-3-7-12)22-16(19)10-13-8-4-5-9-14(13)17(20)21/h1-9H,10H2. The number of para-hydroxylation sites is 1. The van der Waals surface area contributed by atoms with Crippen LogP contribution in [0.4, 0.5) is 5.69 Å². The molecule has 0 aliphatic carbocycles. The molecule has 0 saturated heterocycles. The Kier molecular flexibility index (Phi) is 4.80. The van der Waals surface area contributed by atoms with Crippen LogP contribution in [0.1, 0.15) is 11.1 Å². The van der Waals surface area contributed by atoms with E-state index in [9.17, 15) is 19.7 Å². The average Bonchev–Trinajstić information content (AvgIpc) is 2.53. The number of carbonyl (C=O) groups excluding carboxylic acids is 2. The van der Waals surface area contributed by atoms with E-state index >= 15 is 0 Å². The van der Waals surface area contributed by atoms with Crippen LogP contribution in [0.15, 0.2) is 54.6 Å². The van der Waals surface area contributed by atoms with Crippen molar-refractivity contribution < 1.29 is 19.2 Å². The lowest BCUT2D eigenvalue weighted by Crippen LogP contribution is -2.09. The molecule has 110 valence electrons. The fourth-order valence-electron chi connectivity index (χ4n) is 1.87. The summed E-state index contributed by atoms with van der Waals surface area (Å²) in [4.78, 5) is 33.1. The molecule has 2 rings (SSSR count). The van der Waals surface area contributed by atoms with E-state index in [1.807, 2.05) is 0 Å². The van der Waals surface area contributed by atoms with E-state index in [2.05, 4.69) is 0 Å². The number of esters is 1. The lowest BCUT2D eigenvalue weighted by Gasteiger charge is -2.06. The van der Waals surface area contributed by atoms with Gasteiger partial charge in [-0.2, -0.15) is 0 Å². The van der Waals surface area contributed by atoms with Crippen LogP contribution in [-0.2, 0) is 20.7 Å². The Balaban J connectivity index is 2.14. The van der Waals surface area contributed by atoms with E-state index in [0.29, 0.717) is 5.56 Å². The minimum Gasteiger partial charge on any atom is -0.414 e. The van der Waals surface area contributed by atoms with Crippen LogP contribution in [0, 0.1) is 10.1 Å². The lowest BCUT2D eigenvalue weighted by molar-refractivity contribution is -0.385. The number of nitro groups is 1. The van der Waals surface area contributed by atoms with Gasteiger partial charge < -0.3 is 4.74 Å². The predicted octanol–water partition coefficient (Wildman–Crippen LogP) is 2.55. The van der Waals surface area contributed by atoms with Crippen molar-refractivity contribution in [3.63, 3.8) is 0 Å². The Morgan fingerprint density at radius 1 is 1.09 bits per heavy atom. The molecule has 0 bridgehead atoms. The van der Waals surface area contributed by atoms with Gasteiger partial charge >= 0.3 is 5.97 Å². The summed E-state index contributed by atoms with van der Waals surface area (Å²) in [5.74, 6) is 0.549. The average molecular weight is 297 g/mol. The van der Waals surface area contributed by atoms with E-state index < -0.39 is 10.9 Å². The van der Waals surface area contributed by atoms with Gasteiger partial charge in [0.2, 0.25) is 5.76 Å². The summed E-state index contributed by atoms with van der Waals surface area (Å²) in [5, 5.41) is 10.9. The van der Waals surface area contributed by atoms with Gasteiger partial charge in [-0.1, -0.05) is 48.5 Å². The molecule has 0 aromatic heterocycles. The summed E-state index contributed by atoms with van der Waals surface area (Å²) < 4.78 is 4.96. The molecule has 0 unspecified atom stereocenters. The SMILES string of the molecule is O=C=C(OC(=O)Cc1ccccc1[N+](=O)[O-])c1ccccc1. The van der Waals surface area contributed by atoms with Crippen molar-refractivity contribution in [3.8, 4) is 0 Å². The normalized spacial score (nSPS) is 9.64. The highest BCUT2D eigenvalue weighted by molar-refractivity contribution is 5.90. The zero-order chi connectivity index (χ0) is 15.9. The highest BCUT2D eigenvalue weighted by Crippen LogP contribution is 2.20. The van der Waals surface area contributed by atoms with Gasteiger partial charge in [-0.25, -0.2) is 4.79 Å². The second kappa shape index (κ2) is 6.97. The Morgan fingerprint density at radius 2 is 1.73 bits per heavy atom. The molecule has 2 aromatic rings. The quantitative estimate of drug-likeness (QED) is 0.278. The maximum atomic E-state index is 11.9. The Morgan fingerprint density at radius 3 is 2.36 bits per heavy atom. The van der Waals surface area contributed by atoms with Gasteiger partial charge in [0.15, 0.2) is 5.94 Å². The highest BCUT2D eigenvalue weighted by Gasteiger charge is 2.18. The molecule has 6 heteroatoms. The molecule has 0 N–H and O–H groups in total. The van der Waals surface area contributed by atoms with Crippen LogP contribution in [0.25, 0.3) is 5.76 Å². The molecule has 2 aromatic carbocycles. The maximum absolute atomic E-state index is 11.9. The summed E-state index contributed by atoms with van der Waals surface area (Å²) in [5.41, 5.74) is 0.458. The third-order valence-corrected chi connectivity index (χ3v) is 2.87. The van der Waals surface area contributed by atoms with Crippen molar-refractivity contribution >= 4 is 23.4 Å². The van der Waals surface area contributed by atoms with Gasteiger partial charge in [-0.05, 0) is 0 Å². The molecular formula is C16H11NO5. The van der Waals surface area contributed by atoms with Crippen molar-refractivity contribution in [2.45, 2.75) is 6.42 Å². The first-order valence-electron chi connectivity index (χ1n) is 6.35. The van der Waals surface area contributed by atoms with Crippen LogP contribution < -0.4 is 0 Å². The number of benzene rings is 2. The molecule has 0 saturated carbocycles. The molecular weight excluding hydrogens is 286 g/mol. The number of ether oxygens (including phenoxy) is 1. The Bertz CT molecular complexity index is 748. The topological polar surface area (TPSA) is 86.5 Å². The van der Waals surface area contributed by atoms with Crippen LogP contribution in [0.2, 0.25) is 0 Å². The van der Waals surface area contributed by atoms with Gasteiger partial charge in [0.05, 0.1) is 11.3 Å². The largest absolute Gasteiger partial charge is 0.414 e. The number of rotatable bonds is 5. The van der Waals surface area contributed by atoms with E-state index in [1.165, 1.54) is 18.2 Å². The first-order valence-corrected chi connectivity index (χ1v) is 6.35. The smallest absolute Gasteiger partial charge is 0.316 e. The summed E-state index contributed by atoms with van der Waals surface area (Å²) in [6.45, 7) is 0. The van der Waals surface area contributed by atoms with Crippen LogP contribution >= 0.6 is 0 Å². The van der Waals surface area contributed by atoms with E-state index in [-0.39, 0.29) is 23.4 Å². The Labute approximate surface area is 125 Å². The van der Waals surface area contributed by atoms with E-state index in [0.717, 1.165) is 0 Å². The minimum absolute atomic E-state index is 0.171. The van der Waals surface area contributed by atoms with Gasteiger partial charge in [0.25, 0.3) is 5.69 Å². The summed E-state index contributed by atoms with van der Waals surface area (Å²) >= 11 is 0. The molecule has 0 amide bonds. The van der Waals surface area contributed by atoms with Crippen LogP contribution in [0.3, 0.4) is 0 Å². The number of carbonyl (C=O) groups is 1. The first kappa shape index (κ1) is 15.2. The van der Waals surface area contributed by atoms with E-state index in [4.69, 9.17) is 4.74 Å². The number of hydrogen-bond acceptors (Lipinski definition) is 5. The Hall–Kier alpha value is -3.24. The van der Waals surface area contributed by atoms with Gasteiger partial charge in [-0.3, -0.25) is 14.9 Å². The summed E-state index contributed by atoms with van der Waals surface area (Å²) in [6, 6.07) is 14.2. The lowest BCUT2D eigenvalue weighted by atomic mass is 10.1. The van der Waals surface area contributed by atoms with Crippen LogP contribution in [-0.4, -0.2) is 16.8 Å². The number of hydrogen-bond donors (Lipinski definition) is 0. The fraction of sp³-hybridized carbons (Fsp3) is 0.0625. The number of nitro benzene ring substituents is 1. The molecule has 0 radical (unpaired) electrons. The highest BCUT2D eigenvalue weighted by atomic mass is 16.6. The molecule has 0 aliphatic heterocycles. The van der Waals surface area contributed by atoms with Crippen molar-refractivity contribution in [3.05, 3.63) is 75.8 Å². The van der Waals surface area contributed by atoms with Crippen molar-refractivity contribution in [2.24, 2.45) is 0 Å². The third kappa shape index (κ3) is 3.65. The molecule has 6 nitrogen and oxygen atoms in total. The third-order valence-electron chi connectivity index (χ3n) is 2.87. The number of nitrogens with zero attached hydrogens (tertiary/aromatic N) is 1. The predicted molar refractivity (Wildman–Crippen MR) is 78.4 cm³/mol. The van der Waals surface area contributed by atoms with Crippen LogP contribution in [0.5, 0.6) is 0 Å². The summed E-state index contributed by atoms with van der Waals surface area (Å²) in [6.07, 6.45) is -0.310. The van der Waals surface area contributed by atoms with Crippen molar-refractivity contribution in [1.82, 2.24) is 0 Å². The van der Waals surface area contributed by atoms with Gasteiger partial charge in [-0.15, -0.1) is 0 Å². The second-order valence-corrected chi connectivity index (χ2v) is 4.33. The maximum Gasteiger partial charge on any atom is 0.316 e. The van der Waals surface area contributed by atoms with Gasteiger partial charge in [0, 0.05) is 17.2 Å². The second-order valence-electron chi connectivity index (χ2n) is 4.33. The molecule has 0 heterocycles. The zero-order valence-electron chi connectivity index (χ0n) is 11.4. The fourth-order valence-corrected chi connectivity index (χ4v) is 1.87. The summed E-state index contributed by atoms with van der Waals surface area (Å²) in [7, 11) is 0. The first-order chi connectivity index (χ1) is 10.6. The van der Waals surface area contributed by atoms with E-state index in [1.54, 1.807) is 42.3 Å². The van der Waals surface area contributed by atoms with Gasteiger partial charge in [0.1, 0.15) is 0 Å². The molecule has 0 atom stereocenters. The minimum atomic E-state index is -0.767. The molecule has 0 spiro atoms. The molecule has 22 heavy (non-hydrogen) atoms. The van der Waals surface area contributed by atoms with Crippen molar-refractivity contribution in [1.29, 1.82) is 0 Å². The zero-order valence-corrected chi connectivity index (χ0v) is 11.4. The molecule has 0 fully saturated rings. The molecule has 0 aliphatic rings. The monoisotopic (exact) mass is 297 g/mol.